The van der Waals surface area contributed by atoms with Crippen LogP contribution in [0.5, 0.6) is 0 Å². The van der Waals surface area contributed by atoms with E-state index in [9.17, 15) is 17.6 Å². The topological polar surface area (TPSA) is 81.5 Å². The number of aromatic nitrogens is 2. The minimum absolute atomic E-state index is 0.124. The molecule has 3 rings (SSSR count). The van der Waals surface area contributed by atoms with Gasteiger partial charge in [0.2, 0.25) is 5.03 Å². The molecular formula is C18H21ClFN3O4S. The smallest absolute Gasteiger partial charge is 0.342 e. The van der Waals surface area contributed by atoms with Gasteiger partial charge in [0.15, 0.2) is 0 Å². The Balaban J connectivity index is 2.02. The third kappa shape index (κ3) is 4.06. The molecule has 0 radical (unpaired) electrons. The van der Waals surface area contributed by atoms with E-state index in [1.165, 1.54) is 33.4 Å². The number of sulfonamides is 1. The van der Waals surface area contributed by atoms with Crippen LogP contribution in [0.3, 0.4) is 0 Å². The Morgan fingerprint density at radius 2 is 2.18 bits per heavy atom. The molecule has 0 N–H and O–H groups in total. The van der Waals surface area contributed by atoms with Crippen molar-refractivity contribution >= 4 is 27.6 Å². The first-order valence-electron chi connectivity index (χ1n) is 8.83. The molecule has 1 aliphatic rings. The van der Waals surface area contributed by atoms with E-state index in [0.29, 0.717) is 13.1 Å². The van der Waals surface area contributed by atoms with Crippen molar-refractivity contribution in [2.45, 2.75) is 31.3 Å². The van der Waals surface area contributed by atoms with Crippen molar-refractivity contribution in [2.75, 3.05) is 20.2 Å². The van der Waals surface area contributed by atoms with Crippen LogP contribution >= 0.6 is 11.6 Å². The van der Waals surface area contributed by atoms with Crippen LogP contribution in [0.2, 0.25) is 5.02 Å². The molecule has 10 heteroatoms. The Labute approximate surface area is 168 Å². The second-order valence-corrected chi connectivity index (χ2v) is 9.11. The molecule has 7 nitrogen and oxygen atoms in total. The molecule has 1 saturated heterocycles. The molecule has 0 aliphatic carbocycles. The number of piperidine rings is 1. The minimum atomic E-state index is -4.00. The lowest BCUT2D eigenvalue weighted by Gasteiger charge is -2.29. The van der Waals surface area contributed by atoms with Crippen LogP contribution in [0, 0.1) is 11.7 Å². The highest BCUT2D eigenvalue weighted by atomic mass is 35.5. The molecule has 0 amide bonds. The summed E-state index contributed by atoms with van der Waals surface area (Å²) < 4.78 is 47.6. The molecule has 2 heterocycles. The molecular weight excluding hydrogens is 409 g/mol. The maximum atomic E-state index is 14.1. The fourth-order valence-corrected chi connectivity index (χ4v) is 5.17. The molecule has 0 bridgehead atoms. The quantitative estimate of drug-likeness (QED) is 0.682. The van der Waals surface area contributed by atoms with Crippen LogP contribution in [0.1, 0.15) is 35.7 Å². The summed E-state index contributed by atoms with van der Waals surface area (Å²) in [5.74, 6) is -1.16. The lowest BCUT2D eigenvalue weighted by atomic mass is 10.0. The zero-order valence-electron chi connectivity index (χ0n) is 15.6. The molecule has 1 fully saturated rings. The van der Waals surface area contributed by atoms with Crippen LogP contribution in [0.25, 0.3) is 0 Å². The molecule has 0 saturated carbocycles. The predicted molar refractivity (Wildman–Crippen MR) is 101 cm³/mol. The summed E-state index contributed by atoms with van der Waals surface area (Å²) in [7, 11) is -2.84. The zero-order valence-corrected chi connectivity index (χ0v) is 17.1. The Morgan fingerprint density at radius 1 is 1.43 bits per heavy atom. The summed E-state index contributed by atoms with van der Waals surface area (Å²) in [6.07, 6.45) is 2.92. The number of carbonyl (C=O) groups excluding carboxylic acids is 1. The SMILES string of the molecule is COC(=O)c1cn(Cc2c(F)cccc2Cl)nc1S(=O)(=O)N1CCCC(C)C1. The maximum absolute atomic E-state index is 14.1. The van der Waals surface area contributed by atoms with Gasteiger partial charge in [0.25, 0.3) is 10.0 Å². The fourth-order valence-electron chi connectivity index (χ4n) is 3.26. The normalized spacial score (nSPS) is 18.2. The lowest BCUT2D eigenvalue weighted by molar-refractivity contribution is 0.0596. The van der Waals surface area contributed by atoms with E-state index in [1.54, 1.807) is 0 Å². The first-order valence-corrected chi connectivity index (χ1v) is 10.6. The van der Waals surface area contributed by atoms with Gasteiger partial charge >= 0.3 is 5.97 Å². The summed E-state index contributed by atoms with van der Waals surface area (Å²) in [5, 5.41) is 3.89. The maximum Gasteiger partial charge on any atom is 0.342 e. The molecule has 28 heavy (non-hydrogen) atoms. The van der Waals surface area contributed by atoms with Gasteiger partial charge in [-0.2, -0.15) is 9.40 Å². The summed E-state index contributed by atoms with van der Waals surface area (Å²) in [4.78, 5) is 12.2. The fraction of sp³-hybridized carbons (Fsp3) is 0.444. The zero-order chi connectivity index (χ0) is 20.5. The first kappa shape index (κ1) is 20.8. The van der Waals surface area contributed by atoms with Gasteiger partial charge in [-0.25, -0.2) is 17.6 Å². The van der Waals surface area contributed by atoms with Gasteiger partial charge in [0.1, 0.15) is 11.4 Å². The summed E-state index contributed by atoms with van der Waals surface area (Å²) in [6.45, 7) is 2.57. The van der Waals surface area contributed by atoms with Crippen molar-refractivity contribution in [1.82, 2.24) is 14.1 Å². The van der Waals surface area contributed by atoms with Crippen LogP contribution in [0.15, 0.2) is 29.4 Å². The molecule has 1 aliphatic heterocycles. The third-order valence-corrected chi connectivity index (χ3v) is 6.87. The molecule has 0 spiro atoms. The number of esters is 1. The summed E-state index contributed by atoms with van der Waals surface area (Å²) >= 11 is 6.04. The Morgan fingerprint density at radius 3 is 2.82 bits per heavy atom. The van der Waals surface area contributed by atoms with Gasteiger partial charge in [-0.05, 0) is 30.9 Å². The van der Waals surface area contributed by atoms with Crippen molar-refractivity contribution in [1.29, 1.82) is 0 Å². The second-order valence-electron chi connectivity index (χ2n) is 6.85. The number of benzene rings is 1. The van der Waals surface area contributed by atoms with E-state index < -0.39 is 21.8 Å². The number of halogens is 2. The lowest BCUT2D eigenvalue weighted by Crippen LogP contribution is -2.39. The van der Waals surface area contributed by atoms with E-state index in [0.717, 1.165) is 20.0 Å². The van der Waals surface area contributed by atoms with Crippen molar-refractivity contribution in [3.05, 3.63) is 46.4 Å². The standard InChI is InChI=1S/C18H21ClFN3O4S/c1-12-5-4-8-23(9-12)28(25,26)17-14(18(24)27-2)11-22(21-17)10-13-15(19)6-3-7-16(13)20/h3,6-7,11-12H,4-5,8-10H2,1-2H3. The summed E-state index contributed by atoms with van der Waals surface area (Å²) in [5.41, 5.74) is -0.0354. The van der Waals surface area contributed by atoms with E-state index in [2.05, 4.69) is 5.10 Å². The average Bonchev–Trinajstić information content (AvgIpc) is 3.09. The number of nitrogens with zero attached hydrogens (tertiary/aromatic N) is 3. The van der Waals surface area contributed by atoms with Gasteiger partial charge in [-0.15, -0.1) is 0 Å². The molecule has 152 valence electrons. The number of hydrogen-bond donors (Lipinski definition) is 0. The first-order chi connectivity index (χ1) is 13.2. The minimum Gasteiger partial charge on any atom is -0.465 e. The number of ether oxygens (including phenoxy) is 1. The van der Waals surface area contributed by atoms with Gasteiger partial charge in [0, 0.05) is 29.9 Å². The largest absolute Gasteiger partial charge is 0.465 e. The van der Waals surface area contributed by atoms with Crippen LogP contribution in [-0.2, 0) is 21.3 Å². The van der Waals surface area contributed by atoms with E-state index in [4.69, 9.17) is 16.3 Å². The van der Waals surface area contributed by atoms with Crippen molar-refractivity contribution in [2.24, 2.45) is 5.92 Å². The second kappa shape index (κ2) is 8.18. The van der Waals surface area contributed by atoms with Crippen LogP contribution in [-0.4, -0.2) is 48.7 Å². The van der Waals surface area contributed by atoms with E-state index in [1.807, 2.05) is 6.92 Å². The monoisotopic (exact) mass is 429 g/mol. The van der Waals surface area contributed by atoms with Gasteiger partial charge < -0.3 is 4.74 Å². The van der Waals surface area contributed by atoms with Gasteiger partial charge in [0.05, 0.1) is 13.7 Å². The molecule has 2 aromatic rings. The number of carbonyl (C=O) groups is 1. The van der Waals surface area contributed by atoms with Gasteiger partial charge in [-0.1, -0.05) is 24.6 Å². The number of rotatable bonds is 5. The molecule has 1 unspecified atom stereocenters. The van der Waals surface area contributed by atoms with Gasteiger partial charge in [-0.3, -0.25) is 4.68 Å². The average molecular weight is 430 g/mol. The predicted octanol–water partition coefficient (Wildman–Crippen LogP) is 2.93. The van der Waals surface area contributed by atoms with Crippen LogP contribution < -0.4 is 0 Å². The van der Waals surface area contributed by atoms with E-state index in [-0.39, 0.29) is 33.6 Å². The molecule has 1 aromatic heterocycles. The van der Waals surface area contributed by atoms with Crippen LogP contribution in [0.4, 0.5) is 4.39 Å². The van der Waals surface area contributed by atoms with Crippen molar-refractivity contribution < 1.29 is 22.3 Å². The Bertz CT molecular complexity index is 972. The highest BCUT2D eigenvalue weighted by molar-refractivity contribution is 7.89. The van der Waals surface area contributed by atoms with Crippen molar-refractivity contribution in [3.63, 3.8) is 0 Å². The molecule has 1 aromatic carbocycles. The van der Waals surface area contributed by atoms with E-state index >= 15 is 0 Å². The highest BCUT2D eigenvalue weighted by Gasteiger charge is 2.35. The highest BCUT2D eigenvalue weighted by Crippen LogP contribution is 2.26. The number of methoxy groups -OCH3 is 1. The third-order valence-electron chi connectivity index (χ3n) is 4.72. The summed E-state index contributed by atoms with van der Waals surface area (Å²) in [6, 6.07) is 4.24. The molecule has 1 atom stereocenters. The van der Waals surface area contributed by atoms with Crippen molar-refractivity contribution in [3.8, 4) is 0 Å². The Kier molecular flexibility index (Phi) is 6.07. The Hall–Kier alpha value is -1.97. The number of hydrogen-bond acceptors (Lipinski definition) is 5.